The zero-order valence-electron chi connectivity index (χ0n) is 11.2. The maximum absolute atomic E-state index is 4.19. The van der Waals surface area contributed by atoms with Gasteiger partial charge < -0.3 is 10.3 Å². The average molecular weight is 223 g/mol. The molecular formula is C13H25N3. The van der Waals surface area contributed by atoms with Crippen molar-refractivity contribution in [2.24, 2.45) is 17.8 Å². The van der Waals surface area contributed by atoms with Crippen LogP contribution in [0.5, 0.6) is 0 Å². The number of aromatic amines is 1. The lowest BCUT2D eigenvalue weighted by Crippen LogP contribution is -2.29. The largest absolute Gasteiger partial charge is 0.345 e. The van der Waals surface area contributed by atoms with Crippen LogP contribution in [0.3, 0.4) is 0 Å². The molecule has 0 radical (unpaired) electrons. The van der Waals surface area contributed by atoms with Crippen molar-refractivity contribution in [1.82, 2.24) is 15.3 Å². The Hall–Kier alpha value is -0.830. The molecule has 3 nitrogen and oxygen atoms in total. The predicted molar refractivity (Wildman–Crippen MR) is 68.2 cm³/mol. The van der Waals surface area contributed by atoms with E-state index in [1.54, 1.807) is 0 Å². The standard InChI is InChI=1S/C13H25N3/c1-9(2)13(10(3)4)8-14-6-12-7-15-11(5)16-12/h7,9-10,13-14H,6,8H2,1-5H3,(H,15,16). The van der Waals surface area contributed by atoms with Gasteiger partial charge in [0.25, 0.3) is 0 Å². The van der Waals surface area contributed by atoms with E-state index in [1.165, 1.54) is 5.69 Å². The summed E-state index contributed by atoms with van der Waals surface area (Å²) < 4.78 is 0. The molecule has 1 aromatic rings. The van der Waals surface area contributed by atoms with Gasteiger partial charge in [-0.15, -0.1) is 0 Å². The van der Waals surface area contributed by atoms with Crippen molar-refractivity contribution in [3.8, 4) is 0 Å². The van der Waals surface area contributed by atoms with E-state index in [0.717, 1.165) is 36.7 Å². The summed E-state index contributed by atoms with van der Waals surface area (Å²) in [5.41, 5.74) is 1.17. The maximum atomic E-state index is 4.19. The van der Waals surface area contributed by atoms with E-state index in [-0.39, 0.29) is 0 Å². The molecule has 1 heterocycles. The van der Waals surface area contributed by atoms with Gasteiger partial charge in [-0.3, -0.25) is 0 Å². The van der Waals surface area contributed by atoms with Crippen LogP contribution in [-0.2, 0) is 6.54 Å². The van der Waals surface area contributed by atoms with Crippen molar-refractivity contribution in [2.45, 2.75) is 41.2 Å². The van der Waals surface area contributed by atoms with E-state index in [2.05, 4.69) is 43.0 Å². The average Bonchev–Trinajstić information content (AvgIpc) is 2.57. The van der Waals surface area contributed by atoms with Crippen LogP contribution < -0.4 is 5.32 Å². The minimum atomic E-state index is 0.732. The Balaban J connectivity index is 2.33. The molecule has 92 valence electrons. The molecule has 1 aromatic heterocycles. The fraction of sp³-hybridized carbons (Fsp3) is 0.769. The van der Waals surface area contributed by atoms with Gasteiger partial charge in [-0.25, -0.2) is 4.98 Å². The number of H-pyrrole nitrogens is 1. The molecule has 0 saturated heterocycles. The summed E-state index contributed by atoms with van der Waals surface area (Å²) >= 11 is 0. The van der Waals surface area contributed by atoms with E-state index in [0.29, 0.717) is 0 Å². The lowest BCUT2D eigenvalue weighted by molar-refractivity contribution is 0.275. The van der Waals surface area contributed by atoms with Crippen LogP contribution in [0.4, 0.5) is 0 Å². The number of imidazole rings is 1. The van der Waals surface area contributed by atoms with Gasteiger partial charge in [-0.1, -0.05) is 27.7 Å². The minimum Gasteiger partial charge on any atom is -0.345 e. The van der Waals surface area contributed by atoms with Crippen molar-refractivity contribution in [3.63, 3.8) is 0 Å². The second-order valence-electron chi connectivity index (χ2n) is 5.28. The molecule has 16 heavy (non-hydrogen) atoms. The maximum Gasteiger partial charge on any atom is 0.103 e. The van der Waals surface area contributed by atoms with Crippen molar-refractivity contribution in [1.29, 1.82) is 0 Å². The van der Waals surface area contributed by atoms with Crippen LogP contribution in [0.1, 0.15) is 39.2 Å². The molecule has 0 atom stereocenters. The second kappa shape index (κ2) is 6.04. The third-order valence-corrected chi connectivity index (χ3v) is 3.16. The van der Waals surface area contributed by atoms with E-state index in [1.807, 2.05) is 13.1 Å². The normalized spacial score (nSPS) is 12.0. The second-order valence-corrected chi connectivity index (χ2v) is 5.28. The monoisotopic (exact) mass is 223 g/mol. The minimum absolute atomic E-state index is 0.732. The summed E-state index contributed by atoms with van der Waals surface area (Å²) in [6, 6.07) is 0. The molecule has 2 N–H and O–H groups in total. The predicted octanol–water partition coefficient (Wildman–Crippen LogP) is 2.74. The van der Waals surface area contributed by atoms with Crippen molar-refractivity contribution in [3.05, 3.63) is 17.7 Å². The highest BCUT2D eigenvalue weighted by atomic mass is 15.0. The first-order valence-corrected chi connectivity index (χ1v) is 6.22. The number of rotatable bonds is 6. The van der Waals surface area contributed by atoms with Gasteiger partial charge >= 0.3 is 0 Å². The topological polar surface area (TPSA) is 40.7 Å². The molecule has 0 aliphatic carbocycles. The number of aromatic nitrogens is 2. The Labute approximate surface area is 99.1 Å². The van der Waals surface area contributed by atoms with Crippen molar-refractivity contribution in [2.75, 3.05) is 6.54 Å². The molecule has 0 amide bonds. The van der Waals surface area contributed by atoms with Gasteiger partial charge in [-0.2, -0.15) is 0 Å². The lowest BCUT2D eigenvalue weighted by atomic mass is 9.85. The highest BCUT2D eigenvalue weighted by Gasteiger charge is 2.16. The molecule has 0 aromatic carbocycles. The third kappa shape index (κ3) is 3.97. The number of nitrogens with one attached hydrogen (secondary N) is 2. The van der Waals surface area contributed by atoms with Crippen LogP contribution in [0.25, 0.3) is 0 Å². The van der Waals surface area contributed by atoms with Gasteiger partial charge in [-0.05, 0) is 31.2 Å². The van der Waals surface area contributed by atoms with E-state index < -0.39 is 0 Å². The Kier molecular flexibility index (Phi) is 5.00. The first-order valence-electron chi connectivity index (χ1n) is 6.22. The smallest absolute Gasteiger partial charge is 0.103 e. The molecule has 1 rings (SSSR count). The van der Waals surface area contributed by atoms with Crippen LogP contribution in [-0.4, -0.2) is 16.5 Å². The molecule has 0 saturated carbocycles. The highest BCUT2D eigenvalue weighted by molar-refractivity contribution is 4.99. The first-order chi connectivity index (χ1) is 7.50. The Bertz CT molecular complexity index is 294. The zero-order chi connectivity index (χ0) is 12.1. The van der Waals surface area contributed by atoms with Gasteiger partial charge in [0.2, 0.25) is 0 Å². The fourth-order valence-corrected chi connectivity index (χ4v) is 2.18. The zero-order valence-corrected chi connectivity index (χ0v) is 11.2. The Morgan fingerprint density at radius 1 is 1.25 bits per heavy atom. The molecule has 0 unspecified atom stereocenters. The van der Waals surface area contributed by atoms with E-state index >= 15 is 0 Å². The lowest BCUT2D eigenvalue weighted by Gasteiger charge is -2.25. The molecule has 0 aliphatic heterocycles. The third-order valence-electron chi connectivity index (χ3n) is 3.16. The van der Waals surface area contributed by atoms with Crippen LogP contribution in [0.2, 0.25) is 0 Å². The molecular weight excluding hydrogens is 198 g/mol. The summed E-state index contributed by atoms with van der Waals surface area (Å²) in [6.45, 7) is 13.1. The van der Waals surface area contributed by atoms with Gasteiger partial charge in [0, 0.05) is 18.4 Å². The summed E-state index contributed by atoms with van der Waals surface area (Å²) in [5.74, 6) is 3.19. The van der Waals surface area contributed by atoms with Crippen LogP contribution >= 0.6 is 0 Å². The number of hydrogen-bond donors (Lipinski definition) is 2. The van der Waals surface area contributed by atoms with Crippen molar-refractivity contribution >= 4 is 0 Å². The molecule has 0 spiro atoms. The molecule has 0 fully saturated rings. The fourth-order valence-electron chi connectivity index (χ4n) is 2.18. The number of aryl methyl sites for hydroxylation is 1. The van der Waals surface area contributed by atoms with Gasteiger partial charge in [0.05, 0.1) is 0 Å². The number of nitrogens with zero attached hydrogens (tertiary/aromatic N) is 1. The summed E-state index contributed by atoms with van der Waals surface area (Å²) in [6.07, 6.45) is 1.90. The molecule has 0 aliphatic rings. The number of hydrogen-bond acceptors (Lipinski definition) is 2. The summed E-state index contributed by atoms with van der Waals surface area (Å²) in [4.78, 5) is 7.42. The Morgan fingerprint density at radius 2 is 1.88 bits per heavy atom. The highest BCUT2D eigenvalue weighted by Crippen LogP contribution is 2.19. The van der Waals surface area contributed by atoms with Gasteiger partial charge in [0.1, 0.15) is 5.82 Å². The Morgan fingerprint density at radius 3 is 2.31 bits per heavy atom. The van der Waals surface area contributed by atoms with Crippen molar-refractivity contribution < 1.29 is 0 Å². The molecule has 0 bridgehead atoms. The van der Waals surface area contributed by atoms with Crippen LogP contribution in [0, 0.1) is 24.7 Å². The summed E-state index contributed by atoms with van der Waals surface area (Å²) in [7, 11) is 0. The SMILES string of the molecule is Cc1ncc(CNCC(C(C)C)C(C)C)[nH]1. The van der Waals surface area contributed by atoms with E-state index in [9.17, 15) is 0 Å². The van der Waals surface area contributed by atoms with E-state index in [4.69, 9.17) is 0 Å². The van der Waals surface area contributed by atoms with Gasteiger partial charge in [0.15, 0.2) is 0 Å². The first kappa shape index (κ1) is 13.2. The quantitative estimate of drug-likeness (QED) is 0.778. The molecule has 3 heteroatoms. The summed E-state index contributed by atoms with van der Waals surface area (Å²) in [5, 5.41) is 3.51. The van der Waals surface area contributed by atoms with Crippen LogP contribution in [0.15, 0.2) is 6.20 Å².